The third kappa shape index (κ3) is 5.10. The first-order chi connectivity index (χ1) is 15.6. The van der Waals surface area contributed by atoms with Crippen molar-refractivity contribution in [2.75, 3.05) is 24.9 Å². The number of rotatable bonds is 8. The fourth-order valence-electron chi connectivity index (χ4n) is 3.52. The molecule has 10 heteroatoms. The van der Waals surface area contributed by atoms with Crippen molar-refractivity contribution in [2.45, 2.75) is 40.2 Å². The Balaban J connectivity index is 1.80. The number of hydrogen-bond acceptors (Lipinski definition) is 7. The third-order valence-corrected chi connectivity index (χ3v) is 5.86. The van der Waals surface area contributed by atoms with Crippen molar-refractivity contribution in [1.29, 1.82) is 0 Å². The van der Waals surface area contributed by atoms with Gasteiger partial charge in [-0.25, -0.2) is 4.79 Å². The van der Waals surface area contributed by atoms with Gasteiger partial charge in [0.25, 0.3) is 5.91 Å². The molecule has 1 aliphatic rings. The van der Waals surface area contributed by atoms with E-state index in [1.165, 1.54) is 33.3 Å². The number of amides is 2. The lowest BCUT2D eigenvalue weighted by molar-refractivity contribution is -0.123. The van der Waals surface area contributed by atoms with Gasteiger partial charge in [0.15, 0.2) is 17.6 Å². The number of esters is 1. The normalized spacial score (nSPS) is 17.7. The number of methoxy groups -OCH3 is 2. The zero-order chi connectivity index (χ0) is 24.4. The van der Waals surface area contributed by atoms with Crippen LogP contribution in [0.4, 0.5) is 11.4 Å². The number of nitrogens with zero attached hydrogens (tertiary/aromatic N) is 2. The van der Waals surface area contributed by atoms with Gasteiger partial charge in [-0.05, 0) is 33.1 Å². The van der Waals surface area contributed by atoms with Crippen molar-refractivity contribution in [3.63, 3.8) is 0 Å². The maximum Gasteiger partial charge on any atom is 0.341 e. The van der Waals surface area contributed by atoms with Gasteiger partial charge in [-0.15, -0.1) is 0 Å². The molecule has 0 aliphatic heterocycles. The predicted molar refractivity (Wildman–Crippen MR) is 122 cm³/mol. The van der Waals surface area contributed by atoms with Crippen LogP contribution in [0.2, 0.25) is 0 Å². The van der Waals surface area contributed by atoms with E-state index in [0.717, 1.165) is 12.1 Å². The zero-order valence-electron chi connectivity index (χ0n) is 19.9. The summed E-state index contributed by atoms with van der Waals surface area (Å²) < 4.78 is 17.7. The van der Waals surface area contributed by atoms with Crippen LogP contribution in [0, 0.1) is 25.7 Å². The van der Waals surface area contributed by atoms with Gasteiger partial charge in [0.2, 0.25) is 5.91 Å². The molecule has 0 bridgehead atoms. The monoisotopic (exact) mass is 458 g/mol. The molecule has 1 saturated carbocycles. The number of hydrogen-bond donors (Lipinski definition) is 2. The van der Waals surface area contributed by atoms with Gasteiger partial charge in [0.05, 0.1) is 42.5 Å². The Morgan fingerprint density at radius 2 is 1.73 bits per heavy atom. The Labute approximate surface area is 192 Å². The van der Waals surface area contributed by atoms with Crippen LogP contribution in [-0.2, 0) is 21.4 Å². The van der Waals surface area contributed by atoms with Gasteiger partial charge < -0.3 is 24.8 Å². The molecular weight excluding hydrogens is 428 g/mol. The first kappa shape index (κ1) is 24.1. The molecule has 1 aromatic carbocycles. The van der Waals surface area contributed by atoms with E-state index >= 15 is 0 Å². The van der Waals surface area contributed by atoms with E-state index < -0.39 is 18.0 Å². The minimum absolute atomic E-state index is 0.0580. The van der Waals surface area contributed by atoms with Crippen LogP contribution in [-0.4, -0.2) is 47.9 Å². The van der Waals surface area contributed by atoms with E-state index in [4.69, 9.17) is 14.2 Å². The largest absolute Gasteiger partial charge is 0.493 e. The van der Waals surface area contributed by atoms with Crippen LogP contribution in [0.1, 0.15) is 42.0 Å². The highest BCUT2D eigenvalue weighted by Crippen LogP contribution is 2.40. The first-order valence-corrected chi connectivity index (χ1v) is 10.7. The maximum absolute atomic E-state index is 13.0. The number of ether oxygens (including phenoxy) is 3. The van der Waals surface area contributed by atoms with Crippen LogP contribution in [0.25, 0.3) is 0 Å². The lowest BCUT2D eigenvalue weighted by atomic mass is 10.1. The Morgan fingerprint density at radius 3 is 2.24 bits per heavy atom. The summed E-state index contributed by atoms with van der Waals surface area (Å²) in [6, 6.07) is 2.93. The van der Waals surface area contributed by atoms with E-state index in [9.17, 15) is 14.4 Å². The molecule has 0 saturated heterocycles. The summed E-state index contributed by atoms with van der Waals surface area (Å²) in [5, 5.41) is 9.80. The van der Waals surface area contributed by atoms with Crippen molar-refractivity contribution < 1.29 is 28.6 Å². The average molecular weight is 459 g/mol. The molecule has 3 rings (SSSR count). The van der Waals surface area contributed by atoms with E-state index in [1.54, 1.807) is 18.7 Å². The fourth-order valence-corrected chi connectivity index (χ4v) is 3.52. The molecule has 10 nitrogen and oxygen atoms in total. The molecular formula is C23H30N4O6. The summed E-state index contributed by atoms with van der Waals surface area (Å²) in [5.41, 5.74) is 2.29. The molecule has 33 heavy (non-hydrogen) atoms. The second kappa shape index (κ2) is 9.51. The lowest BCUT2D eigenvalue weighted by Gasteiger charge is -2.17. The highest BCUT2D eigenvalue weighted by atomic mass is 16.5. The quantitative estimate of drug-likeness (QED) is 0.584. The van der Waals surface area contributed by atoms with E-state index in [-0.39, 0.29) is 23.1 Å². The first-order valence-electron chi connectivity index (χ1n) is 10.7. The van der Waals surface area contributed by atoms with Crippen LogP contribution in [0.3, 0.4) is 0 Å². The molecule has 1 fully saturated rings. The summed E-state index contributed by atoms with van der Waals surface area (Å²) in [4.78, 5) is 38.2. The minimum Gasteiger partial charge on any atom is -0.493 e. The Kier molecular flexibility index (Phi) is 6.95. The van der Waals surface area contributed by atoms with Gasteiger partial charge in [0, 0.05) is 25.1 Å². The summed E-state index contributed by atoms with van der Waals surface area (Å²) >= 11 is 0. The minimum atomic E-state index is -1.10. The van der Waals surface area contributed by atoms with E-state index in [1.807, 2.05) is 13.8 Å². The number of carbonyl (C=O) groups excluding carboxylic acids is 3. The number of anilines is 2. The standard InChI is InChI=1S/C23H30N4O6/c1-11-8-15(11)22(29)24-17-10-19(32-7)18(31-6)9-16(17)23(30)33-14(4)21(28)25-20-12(2)26-27(5)13(20)3/h9-11,14-15H,8H2,1-7H3,(H,24,29)(H,25,28). The molecule has 3 unspecified atom stereocenters. The average Bonchev–Trinajstić information content (AvgIpc) is 3.47. The molecule has 1 aromatic heterocycles. The number of nitrogens with one attached hydrogen (secondary N) is 2. The second-order valence-corrected chi connectivity index (χ2v) is 8.27. The van der Waals surface area contributed by atoms with Gasteiger partial charge in [-0.3, -0.25) is 14.3 Å². The molecule has 1 aliphatic carbocycles. The van der Waals surface area contributed by atoms with Gasteiger partial charge in [-0.2, -0.15) is 5.10 Å². The van der Waals surface area contributed by atoms with E-state index in [0.29, 0.717) is 28.8 Å². The smallest absolute Gasteiger partial charge is 0.341 e. The van der Waals surface area contributed by atoms with Crippen LogP contribution < -0.4 is 20.1 Å². The zero-order valence-corrected chi connectivity index (χ0v) is 19.9. The number of carbonyl (C=O) groups is 3. The predicted octanol–water partition coefficient (Wildman–Crippen LogP) is 2.83. The number of aromatic nitrogens is 2. The molecule has 178 valence electrons. The SMILES string of the molecule is COc1cc(NC(=O)C2CC2C)c(C(=O)OC(C)C(=O)Nc2c(C)nn(C)c2C)cc1OC. The van der Waals surface area contributed by atoms with Crippen molar-refractivity contribution in [3.05, 3.63) is 29.1 Å². The van der Waals surface area contributed by atoms with Crippen molar-refractivity contribution in [1.82, 2.24) is 9.78 Å². The third-order valence-electron chi connectivity index (χ3n) is 5.86. The van der Waals surface area contributed by atoms with Crippen molar-refractivity contribution in [2.24, 2.45) is 18.9 Å². The molecule has 2 aromatic rings. The fraction of sp³-hybridized carbons (Fsp3) is 0.478. The molecule has 0 spiro atoms. The number of aryl methyl sites for hydroxylation is 2. The lowest BCUT2D eigenvalue weighted by Crippen LogP contribution is -2.30. The molecule has 1 heterocycles. The maximum atomic E-state index is 13.0. The van der Waals surface area contributed by atoms with Crippen LogP contribution >= 0.6 is 0 Å². The Morgan fingerprint density at radius 1 is 1.12 bits per heavy atom. The molecule has 3 atom stereocenters. The topological polar surface area (TPSA) is 121 Å². The number of benzene rings is 1. The highest BCUT2D eigenvalue weighted by molar-refractivity contribution is 6.04. The Bertz CT molecular complexity index is 1090. The highest BCUT2D eigenvalue weighted by Gasteiger charge is 2.39. The summed E-state index contributed by atoms with van der Waals surface area (Å²) in [7, 11) is 4.67. The molecule has 2 amide bonds. The Hall–Kier alpha value is -3.56. The van der Waals surface area contributed by atoms with Crippen LogP contribution in [0.15, 0.2) is 12.1 Å². The van der Waals surface area contributed by atoms with Gasteiger partial charge in [-0.1, -0.05) is 6.92 Å². The molecule has 2 N–H and O–H groups in total. The van der Waals surface area contributed by atoms with Crippen LogP contribution in [0.5, 0.6) is 11.5 Å². The summed E-state index contributed by atoms with van der Waals surface area (Å²) in [6.45, 7) is 7.06. The molecule has 0 radical (unpaired) electrons. The van der Waals surface area contributed by atoms with Gasteiger partial charge >= 0.3 is 5.97 Å². The summed E-state index contributed by atoms with van der Waals surface area (Å²) in [5.74, 6) is -0.626. The second-order valence-electron chi connectivity index (χ2n) is 8.27. The summed E-state index contributed by atoms with van der Waals surface area (Å²) in [6.07, 6.45) is -0.305. The van der Waals surface area contributed by atoms with Crippen molar-refractivity contribution >= 4 is 29.2 Å². The van der Waals surface area contributed by atoms with E-state index in [2.05, 4.69) is 15.7 Å². The van der Waals surface area contributed by atoms with Gasteiger partial charge in [0.1, 0.15) is 0 Å². The van der Waals surface area contributed by atoms with Crippen molar-refractivity contribution in [3.8, 4) is 11.5 Å².